The van der Waals surface area contributed by atoms with Crippen molar-refractivity contribution in [2.45, 2.75) is 18.5 Å². The molecule has 25 heavy (non-hydrogen) atoms. The van der Waals surface area contributed by atoms with Crippen LogP contribution in [0, 0.1) is 0 Å². The van der Waals surface area contributed by atoms with Gasteiger partial charge in [0.25, 0.3) is 0 Å². The molecule has 128 valence electrons. The number of amides is 1. The third kappa shape index (κ3) is 3.97. The van der Waals surface area contributed by atoms with Crippen LogP contribution in [0.4, 0.5) is 5.69 Å². The molecular formula is C17H18N6OS. The highest BCUT2D eigenvalue weighted by Crippen LogP contribution is 2.21. The number of pyridine rings is 1. The van der Waals surface area contributed by atoms with Crippen LogP contribution in [-0.2, 0) is 11.2 Å². The zero-order valence-corrected chi connectivity index (χ0v) is 14.5. The Morgan fingerprint density at radius 3 is 2.84 bits per heavy atom. The van der Waals surface area contributed by atoms with Gasteiger partial charge in [-0.05, 0) is 30.2 Å². The Labute approximate surface area is 149 Å². The maximum Gasteiger partial charge on any atom is 0.234 e. The molecule has 1 aromatic carbocycles. The quantitative estimate of drug-likeness (QED) is 0.521. The van der Waals surface area contributed by atoms with Crippen LogP contribution in [0.3, 0.4) is 0 Å². The van der Waals surface area contributed by atoms with Gasteiger partial charge in [-0.2, -0.15) is 0 Å². The molecule has 0 aliphatic rings. The molecule has 0 saturated heterocycles. The van der Waals surface area contributed by atoms with Gasteiger partial charge >= 0.3 is 0 Å². The van der Waals surface area contributed by atoms with Crippen LogP contribution in [-0.4, -0.2) is 31.5 Å². The normalized spacial score (nSPS) is 10.6. The van der Waals surface area contributed by atoms with Crippen LogP contribution in [0.5, 0.6) is 0 Å². The van der Waals surface area contributed by atoms with Gasteiger partial charge in [-0.3, -0.25) is 9.78 Å². The van der Waals surface area contributed by atoms with Crippen molar-refractivity contribution in [1.29, 1.82) is 0 Å². The minimum atomic E-state index is -0.114. The summed E-state index contributed by atoms with van der Waals surface area (Å²) < 4.78 is 1.37. The van der Waals surface area contributed by atoms with Crippen molar-refractivity contribution >= 4 is 23.4 Å². The van der Waals surface area contributed by atoms with Crippen LogP contribution < -0.4 is 11.2 Å². The Bertz CT molecular complexity index is 865. The number of nitrogen functional groups attached to an aromatic ring is 1. The predicted molar refractivity (Wildman–Crippen MR) is 98.6 cm³/mol. The Hall–Kier alpha value is -2.87. The largest absolute Gasteiger partial charge is 0.335 e. The number of anilines is 1. The lowest BCUT2D eigenvalue weighted by atomic mass is 10.1. The maximum absolute atomic E-state index is 12.2. The van der Waals surface area contributed by atoms with Gasteiger partial charge in [0.05, 0.1) is 5.75 Å². The lowest BCUT2D eigenvalue weighted by Crippen LogP contribution is -2.17. The van der Waals surface area contributed by atoms with E-state index >= 15 is 0 Å². The number of hydrogen-bond donors (Lipinski definition) is 2. The molecule has 0 spiro atoms. The van der Waals surface area contributed by atoms with E-state index in [4.69, 9.17) is 5.84 Å². The standard InChI is InChI=1S/C17H18N6OS/c1-2-12-6-3-4-8-14(12)20-15(24)11-25-17-22-21-16(23(17)18)13-7-5-9-19-10-13/h3-10H,2,11,18H2,1H3,(H,20,24). The number of hydrogen-bond acceptors (Lipinski definition) is 6. The molecule has 2 aromatic heterocycles. The number of benzene rings is 1. The molecule has 3 rings (SSSR count). The fraction of sp³-hybridized carbons (Fsp3) is 0.176. The Morgan fingerprint density at radius 1 is 1.24 bits per heavy atom. The summed E-state index contributed by atoms with van der Waals surface area (Å²) >= 11 is 1.24. The number of aromatic nitrogens is 4. The van der Waals surface area contributed by atoms with Crippen molar-refractivity contribution in [3.8, 4) is 11.4 Å². The van der Waals surface area contributed by atoms with E-state index in [1.54, 1.807) is 18.5 Å². The first-order chi connectivity index (χ1) is 12.2. The number of carbonyl (C=O) groups is 1. The second-order valence-corrected chi connectivity index (χ2v) is 6.21. The van der Waals surface area contributed by atoms with Crippen LogP contribution in [0.15, 0.2) is 53.9 Å². The van der Waals surface area contributed by atoms with Crippen molar-refractivity contribution in [1.82, 2.24) is 19.9 Å². The third-order valence-electron chi connectivity index (χ3n) is 3.59. The fourth-order valence-electron chi connectivity index (χ4n) is 2.33. The molecule has 0 atom stereocenters. The summed E-state index contributed by atoms with van der Waals surface area (Å²) in [6.07, 6.45) is 4.19. The summed E-state index contributed by atoms with van der Waals surface area (Å²) in [6.45, 7) is 2.05. The molecular weight excluding hydrogens is 336 g/mol. The monoisotopic (exact) mass is 354 g/mol. The molecule has 3 aromatic rings. The number of para-hydroxylation sites is 1. The molecule has 7 nitrogen and oxygen atoms in total. The highest BCUT2D eigenvalue weighted by Gasteiger charge is 2.14. The molecule has 1 amide bonds. The second-order valence-electron chi connectivity index (χ2n) is 5.27. The maximum atomic E-state index is 12.2. The topological polar surface area (TPSA) is 98.7 Å². The summed E-state index contributed by atoms with van der Waals surface area (Å²) in [4.78, 5) is 16.2. The number of aryl methyl sites for hydroxylation is 1. The van der Waals surface area contributed by atoms with Gasteiger partial charge in [-0.15, -0.1) is 10.2 Å². The number of nitrogens with two attached hydrogens (primary N) is 1. The van der Waals surface area contributed by atoms with E-state index in [0.29, 0.717) is 11.0 Å². The van der Waals surface area contributed by atoms with E-state index in [1.165, 1.54) is 16.4 Å². The van der Waals surface area contributed by atoms with Crippen LogP contribution in [0.1, 0.15) is 12.5 Å². The van der Waals surface area contributed by atoms with Crippen LogP contribution >= 0.6 is 11.8 Å². The molecule has 2 heterocycles. The first-order valence-corrected chi connectivity index (χ1v) is 8.79. The van der Waals surface area contributed by atoms with Crippen molar-refractivity contribution in [2.24, 2.45) is 0 Å². The number of carbonyl (C=O) groups excluding carboxylic acids is 1. The summed E-state index contributed by atoms with van der Waals surface area (Å²) in [5, 5.41) is 11.5. The van der Waals surface area contributed by atoms with E-state index < -0.39 is 0 Å². The molecule has 0 fully saturated rings. The van der Waals surface area contributed by atoms with E-state index in [1.807, 2.05) is 30.3 Å². The van der Waals surface area contributed by atoms with Gasteiger partial charge in [0.2, 0.25) is 11.1 Å². The predicted octanol–water partition coefficient (Wildman–Crippen LogP) is 2.35. The van der Waals surface area contributed by atoms with Crippen molar-refractivity contribution in [3.05, 3.63) is 54.4 Å². The van der Waals surface area contributed by atoms with Gasteiger partial charge in [-0.1, -0.05) is 36.9 Å². The molecule has 0 bridgehead atoms. The Balaban J connectivity index is 1.64. The minimum absolute atomic E-state index is 0.114. The number of rotatable bonds is 6. The smallest absolute Gasteiger partial charge is 0.234 e. The van der Waals surface area contributed by atoms with Crippen LogP contribution in [0.25, 0.3) is 11.4 Å². The first-order valence-electron chi connectivity index (χ1n) is 7.80. The summed E-state index contributed by atoms with van der Waals surface area (Å²) in [5.41, 5.74) is 2.70. The highest BCUT2D eigenvalue weighted by atomic mass is 32.2. The number of nitrogens with one attached hydrogen (secondary N) is 1. The van der Waals surface area contributed by atoms with Gasteiger partial charge < -0.3 is 11.2 Å². The van der Waals surface area contributed by atoms with Gasteiger partial charge in [0.15, 0.2) is 5.82 Å². The summed E-state index contributed by atoms with van der Waals surface area (Å²) in [7, 11) is 0. The zero-order chi connectivity index (χ0) is 17.6. The molecule has 8 heteroatoms. The Kier molecular flexibility index (Phi) is 5.30. The third-order valence-corrected chi connectivity index (χ3v) is 4.53. The second kappa shape index (κ2) is 7.80. The van der Waals surface area contributed by atoms with E-state index in [2.05, 4.69) is 27.4 Å². The van der Waals surface area contributed by atoms with Crippen molar-refractivity contribution in [2.75, 3.05) is 16.9 Å². The SMILES string of the molecule is CCc1ccccc1NC(=O)CSc1nnc(-c2cccnc2)n1N. The molecule has 0 aliphatic heterocycles. The highest BCUT2D eigenvalue weighted by molar-refractivity contribution is 7.99. The average molecular weight is 354 g/mol. The molecule has 3 N–H and O–H groups in total. The zero-order valence-electron chi connectivity index (χ0n) is 13.7. The fourth-order valence-corrected chi connectivity index (χ4v) is 2.99. The van der Waals surface area contributed by atoms with E-state index in [9.17, 15) is 4.79 Å². The molecule has 0 unspecified atom stereocenters. The van der Waals surface area contributed by atoms with Gasteiger partial charge in [0.1, 0.15) is 0 Å². The average Bonchev–Trinajstić information content (AvgIpc) is 3.02. The lowest BCUT2D eigenvalue weighted by molar-refractivity contribution is -0.113. The van der Waals surface area contributed by atoms with Crippen molar-refractivity contribution < 1.29 is 4.79 Å². The van der Waals surface area contributed by atoms with Crippen molar-refractivity contribution in [3.63, 3.8) is 0 Å². The lowest BCUT2D eigenvalue weighted by Gasteiger charge is -2.09. The van der Waals surface area contributed by atoms with Crippen LogP contribution in [0.2, 0.25) is 0 Å². The van der Waals surface area contributed by atoms with E-state index in [0.717, 1.165) is 23.2 Å². The van der Waals surface area contributed by atoms with Gasteiger partial charge in [-0.25, -0.2) is 4.68 Å². The summed E-state index contributed by atoms with van der Waals surface area (Å²) in [5.74, 6) is 6.62. The molecule has 0 saturated carbocycles. The number of thioether (sulfide) groups is 1. The molecule has 0 radical (unpaired) electrons. The molecule has 0 aliphatic carbocycles. The minimum Gasteiger partial charge on any atom is -0.335 e. The van der Waals surface area contributed by atoms with E-state index in [-0.39, 0.29) is 11.7 Å². The van der Waals surface area contributed by atoms with Gasteiger partial charge in [0, 0.05) is 23.6 Å². The Morgan fingerprint density at radius 2 is 2.08 bits per heavy atom. The summed E-state index contributed by atoms with van der Waals surface area (Å²) in [6, 6.07) is 11.4. The first kappa shape index (κ1) is 17.0. The number of nitrogens with zero attached hydrogens (tertiary/aromatic N) is 4.